The number of anilines is 1. The van der Waals surface area contributed by atoms with Crippen LogP contribution in [0.25, 0.3) is 0 Å². The molecule has 16 heavy (non-hydrogen) atoms. The molecule has 1 aromatic heterocycles. The maximum Gasteiger partial charge on any atom is 0.222 e. The summed E-state index contributed by atoms with van der Waals surface area (Å²) in [5.74, 6) is 0.666. The lowest BCUT2D eigenvalue weighted by Gasteiger charge is -2.26. The average Bonchev–Trinajstić information content (AvgIpc) is 2.76. The number of aromatic nitrogens is 2. The topological polar surface area (TPSA) is 58.0 Å². The minimum absolute atomic E-state index is 0.0487. The summed E-state index contributed by atoms with van der Waals surface area (Å²) in [5, 5.41) is 12.7. The third kappa shape index (κ3) is 2.50. The summed E-state index contributed by atoms with van der Waals surface area (Å²) in [6.07, 6.45) is 6.39. The van der Waals surface area contributed by atoms with Gasteiger partial charge in [-0.15, -0.1) is 0 Å². The first-order valence-electron chi connectivity index (χ1n) is 5.89. The van der Waals surface area contributed by atoms with E-state index < -0.39 is 0 Å². The maximum absolute atomic E-state index is 9.47. The van der Waals surface area contributed by atoms with E-state index in [4.69, 9.17) is 0 Å². The van der Waals surface area contributed by atoms with Gasteiger partial charge in [0.05, 0.1) is 6.61 Å². The molecule has 0 unspecified atom stereocenters. The molecule has 88 valence electrons. The molecule has 4 heteroatoms. The number of nitrogens with one attached hydrogen (secondary N) is 1. The van der Waals surface area contributed by atoms with Crippen molar-refractivity contribution >= 4 is 5.95 Å². The van der Waals surface area contributed by atoms with E-state index in [0.29, 0.717) is 5.95 Å². The minimum atomic E-state index is 0.0487. The molecule has 0 amide bonds. The normalized spacial score (nSPS) is 18.6. The van der Waals surface area contributed by atoms with Crippen molar-refractivity contribution in [3.05, 3.63) is 18.0 Å². The molecule has 0 atom stereocenters. The number of nitrogens with zero attached hydrogens (tertiary/aromatic N) is 2. The van der Waals surface area contributed by atoms with E-state index in [-0.39, 0.29) is 12.0 Å². The Labute approximate surface area is 96.1 Å². The van der Waals surface area contributed by atoms with Gasteiger partial charge in [-0.1, -0.05) is 12.8 Å². The molecule has 1 aliphatic carbocycles. The first kappa shape index (κ1) is 11.3. The van der Waals surface area contributed by atoms with Gasteiger partial charge in [0.15, 0.2) is 0 Å². The second-order valence-electron chi connectivity index (χ2n) is 4.74. The first-order valence-corrected chi connectivity index (χ1v) is 5.89. The number of rotatable bonds is 4. The molecule has 0 bridgehead atoms. The highest BCUT2D eigenvalue weighted by Gasteiger charge is 2.33. The maximum atomic E-state index is 9.47. The minimum Gasteiger partial charge on any atom is -0.396 e. The molecule has 1 heterocycles. The van der Waals surface area contributed by atoms with Crippen LogP contribution in [0.15, 0.2) is 12.3 Å². The zero-order valence-electron chi connectivity index (χ0n) is 9.74. The summed E-state index contributed by atoms with van der Waals surface area (Å²) in [5.41, 5.74) is 1.01. The zero-order valence-corrected chi connectivity index (χ0v) is 9.74. The van der Waals surface area contributed by atoms with Crippen molar-refractivity contribution in [1.29, 1.82) is 0 Å². The molecule has 1 aliphatic rings. The zero-order chi connectivity index (χ0) is 11.4. The lowest BCUT2D eigenvalue weighted by Crippen LogP contribution is -2.31. The molecule has 1 aromatic rings. The Morgan fingerprint density at radius 3 is 2.81 bits per heavy atom. The van der Waals surface area contributed by atoms with Gasteiger partial charge < -0.3 is 10.4 Å². The molecule has 0 aromatic carbocycles. The van der Waals surface area contributed by atoms with E-state index in [2.05, 4.69) is 15.3 Å². The molecule has 1 saturated carbocycles. The summed E-state index contributed by atoms with van der Waals surface area (Å²) in [6, 6.07) is 1.88. The first-order chi connectivity index (χ1) is 7.74. The van der Waals surface area contributed by atoms with Crippen LogP contribution in [0.5, 0.6) is 0 Å². The van der Waals surface area contributed by atoms with Gasteiger partial charge in [0, 0.05) is 23.9 Å². The van der Waals surface area contributed by atoms with E-state index in [1.165, 1.54) is 12.8 Å². The summed E-state index contributed by atoms with van der Waals surface area (Å²) >= 11 is 0. The van der Waals surface area contributed by atoms with Crippen LogP contribution >= 0.6 is 0 Å². The van der Waals surface area contributed by atoms with E-state index >= 15 is 0 Å². The fraction of sp³-hybridized carbons (Fsp3) is 0.667. The van der Waals surface area contributed by atoms with Crippen LogP contribution in [-0.2, 0) is 0 Å². The van der Waals surface area contributed by atoms with Crippen molar-refractivity contribution in [1.82, 2.24) is 9.97 Å². The van der Waals surface area contributed by atoms with E-state index in [0.717, 1.165) is 25.1 Å². The molecule has 4 nitrogen and oxygen atoms in total. The van der Waals surface area contributed by atoms with Crippen LogP contribution in [0.1, 0.15) is 31.4 Å². The van der Waals surface area contributed by atoms with Crippen molar-refractivity contribution in [2.75, 3.05) is 18.5 Å². The van der Waals surface area contributed by atoms with Gasteiger partial charge in [0.25, 0.3) is 0 Å². The smallest absolute Gasteiger partial charge is 0.222 e. The molecule has 0 saturated heterocycles. The van der Waals surface area contributed by atoms with Crippen molar-refractivity contribution in [3.63, 3.8) is 0 Å². The van der Waals surface area contributed by atoms with Crippen molar-refractivity contribution < 1.29 is 5.11 Å². The third-order valence-electron chi connectivity index (χ3n) is 3.42. The van der Waals surface area contributed by atoms with Crippen LogP contribution in [0.2, 0.25) is 0 Å². The molecule has 0 radical (unpaired) electrons. The average molecular weight is 221 g/mol. The quantitative estimate of drug-likeness (QED) is 0.813. The van der Waals surface area contributed by atoms with Gasteiger partial charge in [-0.25, -0.2) is 9.97 Å². The summed E-state index contributed by atoms with van der Waals surface area (Å²) in [6.45, 7) is 2.98. The predicted molar refractivity (Wildman–Crippen MR) is 63.2 cm³/mol. The number of aryl methyl sites for hydroxylation is 1. The summed E-state index contributed by atoms with van der Waals surface area (Å²) < 4.78 is 0. The van der Waals surface area contributed by atoms with Crippen LogP contribution in [-0.4, -0.2) is 28.2 Å². The molecular weight excluding hydrogens is 202 g/mol. The van der Waals surface area contributed by atoms with Gasteiger partial charge in [-0.3, -0.25) is 0 Å². The SMILES string of the molecule is Cc1ccnc(NCC2(CO)CCCC2)n1. The Balaban J connectivity index is 1.95. The Bertz CT molecular complexity index is 348. The van der Waals surface area contributed by atoms with E-state index in [1.54, 1.807) is 6.20 Å². The Hall–Kier alpha value is -1.16. The Morgan fingerprint density at radius 2 is 2.19 bits per heavy atom. The third-order valence-corrected chi connectivity index (χ3v) is 3.42. The fourth-order valence-corrected chi connectivity index (χ4v) is 2.32. The molecular formula is C12H19N3O. The molecule has 0 aliphatic heterocycles. The highest BCUT2D eigenvalue weighted by Crippen LogP contribution is 2.37. The van der Waals surface area contributed by atoms with Crippen LogP contribution in [0.3, 0.4) is 0 Å². The van der Waals surface area contributed by atoms with Gasteiger partial charge in [-0.05, 0) is 25.8 Å². The monoisotopic (exact) mass is 221 g/mol. The predicted octanol–water partition coefficient (Wildman–Crippen LogP) is 1.75. The molecule has 0 spiro atoms. The number of aliphatic hydroxyl groups is 1. The highest BCUT2D eigenvalue weighted by molar-refractivity contribution is 5.25. The van der Waals surface area contributed by atoms with Crippen LogP contribution < -0.4 is 5.32 Å². The van der Waals surface area contributed by atoms with Gasteiger partial charge in [-0.2, -0.15) is 0 Å². The lowest BCUT2D eigenvalue weighted by molar-refractivity contribution is 0.142. The Morgan fingerprint density at radius 1 is 1.44 bits per heavy atom. The second kappa shape index (κ2) is 4.78. The number of hydrogen-bond acceptors (Lipinski definition) is 4. The van der Waals surface area contributed by atoms with Crippen LogP contribution in [0.4, 0.5) is 5.95 Å². The summed E-state index contributed by atoms with van der Waals surface area (Å²) in [7, 11) is 0. The van der Waals surface area contributed by atoms with Gasteiger partial charge in [0.1, 0.15) is 0 Å². The van der Waals surface area contributed by atoms with Crippen molar-refractivity contribution in [3.8, 4) is 0 Å². The van der Waals surface area contributed by atoms with Gasteiger partial charge in [0.2, 0.25) is 5.95 Å². The highest BCUT2D eigenvalue weighted by atomic mass is 16.3. The lowest BCUT2D eigenvalue weighted by atomic mass is 9.87. The molecule has 2 rings (SSSR count). The largest absolute Gasteiger partial charge is 0.396 e. The standard InChI is InChI=1S/C12H19N3O/c1-10-4-7-13-11(15-10)14-8-12(9-16)5-2-3-6-12/h4,7,16H,2-3,5-6,8-9H2,1H3,(H,13,14,15). The second-order valence-corrected chi connectivity index (χ2v) is 4.74. The molecule has 2 N–H and O–H groups in total. The van der Waals surface area contributed by atoms with Gasteiger partial charge >= 0.3 is 0 Å². The van der Waals surface area contributed by atoms with E-state index in [9.17, 15) is 5.11 Å². The molecule has 1 fully saturated rings. The Kier molecular flexibility index (Phi) is 3.39. The summed E-state index contributed by atoms with van der Waals surface area (Å²) in [4.78, 5) is 8.46. The van der Waals surface area contributed by atoms with Crippen LogP contribution in [0, 0.1) is 12.3 Å². The van der Waals surface area contributed by atoms with Crippen molar-refractivity contribution in [2.45, 2.75) is 32.6 Å². The van der Waals surface area contributed by atoms with Crippen molar-refractivity contribution in [2.24, 2.45) is 5.41 Å². The fourth-order valence-electron chi connectivity index (χ4n) is 2.32. The number of aliphatic hydroxyl groups excluding tert-OH is 1. The van der Waals surface area contributed by atoms with E-state index in [1.807, 2.05) is 13.0 Å². The number of hydrogen-bond donors (Lipinski definition) is 2.